The molecule has 6 heteroatoms. The highest BCUT2D eigenvalue weighted by Crippen LogP contribution is 2.23. The summed E-state index contributed by atoms with van der Waals surface area (Å²) in [5.74, 6) is 0.743. The van der Waals surface area contributed by atoms with Crippen LogP contribution in [0.25, 0.3) is 0 Å². The smallest absolute Gasteiger partial charge is 0.251 e. The van der Waals surface area contributed by atoms with Crippen molar-refractivity contribution in [3.05, 3.63) is 29.8 Å². The first-order chi connectivity index (χ1) is 11.2. The first-order valence-corrected chi connectivity index (χ1v) is 10.1. The zero-order valence-electron chi connectivity index (χ0n) is 15.0. The zero-order valence-corrected chi connectivity index (χ0v) is 15.8. The lowest BCUT2D eigenvalue weighted by molar-refractivity contribution is 0.0930. The van der Waals surface area contributed by atoms with Crippen LogP contribution in [0.2, 0.25) is 0 Å². The van der Waals surface area contributed by atoms with Crippen molar-refractivity contribution in [1.82, 2.24) is 9.62 Å². The third-order valence-corrected chi connectivity index (χ3v) is 6.77. The normalized spacial score (nSPS) is 18.5. The van der Waals surface area contributed by atoms with Crippen molar-refractivity contribution in [2.75, 3.05) is 13.1 Å². The number of carbonyl (C=O) groups excluding carboxylic acids is 1. The maximum Gasteiger partial charge on any atom is 0.251 e. The molecule has 24 heavy (non-hydrogen) atoms. The van der Waals surface area contributed by atoms with Gasteiger partial charge < -0.3 is 5.32 Å². The van der Waals surface area contributed by atoms with Crippen LogP contribution in [0.4, 0.5) is 0 Å². The van der Waals surface area contributed by atoms with Crippen LogP contribution in [0.5, 0.6) is 0 Å². The fourth-order valence-electron chi connectivity index (χ4n) is 2.61. The van der Waals surface area contributed by atoms with Crippen molar-refractivity contribution in [2.45, 2.75) is 51.5 Å². The second-order valence-electron chi connectivity index (χ2n) is 7.12. The molecule has 1 fully saturated rings. The monoisotopic (exact) mass is 352 g/mol. The van der Waals surface area contributed by atoms with Crippen molar-refractivity contribution >= 4 is 15.9 Å². The number of nitrogens with one attached hydrogen (secondary N) is 1. The van der Waals surface area contributed by atoms with E-state index >= 15 is 0 Å². The van der Waals surface area contributed by atoms with Crippen LogP contribution < -0.4 is 5.32 Å². The van der Waals surface area contributed by atoms with E-state index in [2.05, 4.69) is 12.2 Å². The molecule has 1 N–H and O–H groups in total. The molecule has 2 rings (SSSR count). The molecule has 1 atom stereocenters. The van der Waals surface area contributed by atoms with E-state index in [0.717, 1.165) is 12.8 Å². The van der Waals surface area contributed by atoms with E-state index in [0.29, 0.717) is 30.5 Å². The summed E-state index contributed by atoms with van der Waals surface area (Å²) in [4.78, 5) is 12.4. The van der Waals surface area contributed by atoms with Crippen molar-refractivity contribution < 1.29 is 13.2 Å². The molecule has 1 heterocycles. The maximum absolute atomic E-state index is 12.7. The van der Waals surface area contributed by atoms with Crippen molar-refractivity contribution in [1.29, 1.82) is 0 Å². The Bertz CT molecular complexity index is 660. The summed E-state index contributed by atoms with van der Waals surface area (Å²) in [5.41, 5.74) is 0.480. The number of amides is 1. The van der Waals surface area contributed by atoms with Gasteiger partial charge in [0.2, 0.25) is 10.0 Å². The van der Waals surface area contributed by atoms with Gasteiger partial charge in [-0.2, -0.15) is 4.31 Å². The van der Waals surface area contributed by atoms with Gasteiger partial charge >= 0.3 is 0 Å². The highest BCUT2D eigenvalue weighted by molar-refractivity contribution is 7.89. The predicted molar refractivity (Wildman–Crippen MR) is 95.4 cm³/mol. The van der Waals surface area contributed by atoms with Crippen LogP contribution in [0, 0.1) is 11.8 Å². The highest BCUT2D eigenvalue weighted by Gasteiger charge is 2.28. The molecule has 0 bridgehead atoms. The van der Waals surface area contributed by atoms with E-state index in [-0.39, 0.29) is 16.8 Å². The van der Waals surface area contributed by atoms with Gasteiger partial charge in [-0.1, -0.05) is 20.8 Å². The minimum Gasteiger partial charge on any atom is -0.349 e. The molecule has 0 unspecified atom stereocenters. The lowest BCUT2D eigenvalue weighted by atomic mass is 10.0. The Hall–Kier alpha value is -1.40. The lowest BCUT2D eigenvalue weighted by Crippen LogP contribution is -2.38. The SMILES string of the molecule is CC1CCN(S(=O)(=O)c2ccc(C(=O)N[C@H](C)C(C)C)cc2)CC1. The molecular weight excluding hydrogens is 324 g/mol. The first-order valence-electron chi connectivity index (χ1n) is 8.63. The van der Waals surface area contributed by atoms with Crippen LogP contribution in [0.1, 0.15) is 50.9 Å². The van der Waals surface area contributed by atoms with Crippen LogP contribution in [0.15, 0.2) is 29.2 Å². The van der Waals surface area contributed by atoms with E-state index in [1.54, 1.807) is 16.4 Å². The number of piperidine rings is 1. The Balaban J connectivity index is 2.09. The van der Waals surface area contributed by atoms with Gasteiger partial charge in [-0.15, -0.1) is 0 Å². The van der Waals surface area contributed by atoms with Crippen LogP contribution in [-0.4, -0.2) is 37.8 Å². The molecule has 1 saturated heterocycles. The first kappa shape index (κ1) is 18.9. The molecular formula is C18H28N2O3S. The molecule has 1 aliphatic rings. The zero-order chi connectivity index (χ0) is 17.9. The fraction of sp³-hybridized carbons (Fsp3) is 0.611. The van der Waals surface area contributed by atoms with Gasteiger partial charge in [0.15, 0.2) is 0 Å². The number of nitrogens with zero attached hydrogens (tertiary/aromatic N) is 1. The predicted octanol–water partition coefficient (Wildman–Crippen LogP) is 2.88. The van der Waals surface area contributed by atoms with Gasteiger partial charge in [0.05, 0.1) is 4.90 Å². The van der Waals surface area contributed by atoms with Crippen LogP contribution in [0.3, 0.4) is 0 Å². The van der Waals surface area contributed by atoms with E-state index in [1.165, 1.54) is 12.1 Å². The number of rotatable bonds is 5. The van der Waals surface area contributed by atoms with Crippen LogP contribution in [-0.2, 0) is 10.0 Å². The third kappa shape index (κ3) is 4.36. The summed E-state index contributed by atoms with van der Waals surface area (Å²) in [5, 5.41) is 2.92. The molecule has 0 spiro atoms. The van der Waals surface area contributed by atoms with Crippen molar-refractivity contribution in [3.8, 4) is 0 Å². The topological polar surface area (TPSA) is 66.5 Å². The second-order valence-corrected chi connectivity index (χ2v) is 9.06. The Morgan fingerprint density at radius 3 is 2.17 bits per heavy atom. The van der Waals surface area contributed by atoms with Gasteiger partial charge in [0.25, 0.3) is 5.91 Å². The summed E-state index contributed by atoms with van der Waals surface area (Å²) in [6.07, 6.45) is 1.79. The summed E-state index contributed by atoms with van der Waals surface area (Å²) in [7, 11) is -3.46. The minimum absolute atomic E-state index is 0.0660. The molecule has 0 radical (unpaired) electrons. The third-order valence-electron chi connectivity index (χ3n) is 4.86. The highest BCUT2D eigenvalue weighted by atomic mass is 32.2. The molecule has 134 valence electrons. The van der Waals surface area contributed by atoms with Crippen molar-refractivity contribution in [2.24, 2.45) is 11.8 Å². The quantitative estimate of drug-likeness (QED) is 0.886. The lowest BCUT2D eigenvalue weighted by Gasteiger charge is -2.29. The Kier molecular flexibility index (Phi) is 6.04. The summed E-state index contributed by atoms with van der Waals surface area (Å²) in [6, 6.07) is 6.30. The Morgan fingerprint density at radius 1 is 1.12 bits per heavy atom. The second kappa shape index (κ2) is 7.66. The standard InChI is InChI=1S/C18H28N2O3S/c1-13(2)15(4)19-18(21)16-5-7-17(8-6-16)24(22,23)20-11-9-14(3)10-12-20/h5-8,13-15H,9-12H2,1-4H3,(H,19,21)/t15-/m1/s1. The maximum atomic E-state index is 12.7. The van der Waals surface area contributed by atoms with Gasteiger partial charge in [-0.3, -0.25) is 4.79 Å². The van der Waals surface area contributed by atoms with Gasteiger partial charge in [-0.05, 0) is 55.9 Å². The van der Waals surface area contributed by atoms with Gasteiger partial charge in [0.1, 0.15) is 0 Å². The number of benzene rings is 1. The Morgan fingerprint density at radius 2 is 1.67 bits per heavy atom. The fourth-order valence-corrected chi connectivity index (χ4v) is 4.08. The van der Waals surface area contributed by atoms with Crippen molar-refractivity contribution in [3.63, 3.8) is 0 Å². The largest absolute Gasteiger partial charge is 0.349 e. The number of sulfonamides is 1. The number of carbonyl (C=O) groups is 1. The average molecular weight is 353 g/mol. The summed E-state index contributed by atoms with van der Waals surface area (Å²) in [6.45, 7) is 9.32. The Labute approximate surface area is 145 Å². The number of hydrogen-bond acceptors (Lipinski definition) is 3. The molecule has 5 nitrogen and oxygen atoms in total. The van der Waals surface area contributed by atoms with E-state index in [9.17, 15) is 13.2 Å². The summed E-state index contributed by atoms with van der Waals surface area (Å²) >= 11 is 0. The molecule has 0 aromatic heterocycles. The van der Waals surface area contributed by atoms with E-state index in [4.69, 9.17) is 0 Å². The molecule has 1 amide bonds. The molecule has 1 aliphatic heterocycles. The van der Waals surface area contributed by atoms with Crippen LogP contribution >= 0.6 is 0 Å². The molecule has 1 aromatic rings. The number of hydrogen-bond donors (Lipinski definition) is 1. The molecule has 0 saturated carbocycles. The average Bonchev–Trinajstić information content (AvgIpc) is 2.55. The molecule has 1 aromatic carbocycles. The van der Waals surface area contributed by atoms with Gasteiger partial charge in [0, 0.05) is 24.7 Å². The summed E-state index contributed by atoms with van der Waals surface area (Å²) < 4.78 is 26.9. The molecule has 0 aliphatic carbocycles. The minimum atomic E-state index is -3.46. The van der Waals surface area contributed by atoms with Gasteiger partial charge in [-0.25, -0.2) is 8.42 Å². The van der Waals surface area contributed by atoms with E-state index in [1.807, 2.05) is 20.8 Å². The van der Waals surface area contributed by atoms with E-state index < -0.39 is 10.0 Å².